The summed E-state index contributed by atoms with van der Waals surface area (Å²) in [7, 11) is 0. The average Bonchev–Trinajstić information content (AvgIpc) is 2.81. The van der Waals surface area contributed by atoms with Crippen LogP contribution >= 0.6 is 15.9 Å². The smallest absolute Gasteiger partial charge is 0.407 e. The van der Waals surface area contributed by atoms with Gasteiger partial charge in [0.25, 0.3) is 0 Å². The maximum atomic E-state index is 11.5. The van der Waals surface area contributed by atoms with E-state index in [2.05, 4.69) is 38.1 Å². The highest BCUT2D eigenvalue weighted by Crippen LogP contribution is 2.17. The van der Waals surface area contributed by atoms with Crippen molar-refractivity contribution < 1.29 is 9.53 Å². The molecule has 0 spiro atoms. The quantitative estimate of drug-likeness (QED) is 0.657. The van der Waals surface area contributed by atoms with Crippen molar-refractivity contribution in [2.45, 2.75) is 32.8 Å². The van der Waals surface area contributed by atoms with Crippen LogP contribution in [0.4, 0.5) is 4.79 Å². The summed E-state index contributed by atoms with van der Waals surface area (Å²) in [5.74, 6) is 6.08. The maximum absolute atomic E-state index is 11.5. The Morgan fingerprint density at radius 2 is 2.27 bits per heavy atom. The van der Waals surface area contributed by atoms with Crippen molar-refractivity contribution in [1.29, 1.82) is 0 Å². The van der Waals surface area contributed by atoms with E-state index in [1.54, 1.807) is 6.20 Å². The van der Waals surface area contributed by atoms with Gasteiger partial charge in [-0.2, -0.15) is 0 Å². The van der Waals surface area contributed by atoms with Crippen LogP contribution in [0.1, 0.15) is 32.9 Å². The predicted molar refractivity (Wildman–Crippen MR) is 88.6 cm³/mol. The van der Waals surface area contributed by atoms with Crippen molar-refractivity contribution in [3.05, 3.63) is 34.7 Å². The Kier molecular flexibility index (Phi) is 5.09. The van der Waals surface area contributed by atoms with Crippen LogP contribution in [0.15, 0.2) is 29.0 Å². The van der Waals surface area contributed by atoms with E-state index in [1.165, 1.54) is 0 Å². The monoisotopic (exact) mass is 363 g/mol. The first-order valence-electron chi connectivity index (χ1n) is 6.94. The molecule has 0 radical (unpaired) electrons. The number of hydrogen-bond acceptors (Lipinski definition) is 3. The Morgan fingerprint density at radius 1 is 1.50 bits per heavy atom. The molecule has 1 amide bonds. The number of ether oxygens (including phenoxy) is 1. The number of halogens is 1. The van der Waals surface area contributed by atoms with Gasteiger partial charge in [-0.05, 0) is 54.8 Å². The minimum absolute atomic E-state index is 0.423. The molecule has 0 fully saturated rings. The molecule has 0 aromatic carbocycles. The van der Waals surface area contributed by atoms with Gasteiger partial charge in [0.15, 0.2) is 5.65 Å². The number of carbonyl (C=O) groups excluding carboxylic acids is 1. The molecule has 0 saturated heterocycles. The van der Waals surface area contributed by atoms with Crippen molar-refractivity contribution in [3.63, 3.8) is 0 Å². The molecule has 0 bridgehead atoms. The SMILES string of the molecule is CC(C)(C)OC(=O)NCCC#Cc1cnc2c(Br)cccn12. The van der Waals surface area contributed by atoms with E-state index in [9.17, 15) is 4.79 Å². The molecule has 0 saturated carbocycles. The zero-order valence-corrected chi connectivity index (χ0v) is 14.4. The summed E-state index contributed by atoms with van der Waals surface area (Å²) in [4.78, 5) is 15.8. The van der Waals surface area contributed by atoms with Crippen LogP contribution in [0.5, 0.6) is 0 Å². The van der Waals surface area contributed by atoms with Crippen molar-refractivity contribution in [2.75, 3.05) is 6.54 Å². The molecule has 2 rings (SSSR count). The Balaban J connectivity index is 1.89. The maximum Gasteiger partial charge on any atom is 0.407 e. The van der Waals surface area contributed by atoms with Crippen LogP contribution in [0.3, 0.4) is 0 Å². The van der Waals surface area contributed by atoms with Gasteiger partial charge < -0.3 is 10.1 Å². The normalized spacial score (nSPS) is 10.9. The van der Waals surface area contributed by atoms with E-state index in [0.29, 0.717) is 13.0 Å². The summed E-state index contributed by atoms with van der Waals surface area (Å²) < 4.78 is 7.98. The van der Waals surface area contributed by atoms with Crippen molar-refractivity contribution in [1.82, 2.24) is 14.7 Å². The minimum atomic E-state index is -0.486. The van der Waals surface area contributed by atoms with Gasteiger partial charge >= 0.3 is 6.09 Å². The molecule has 22 heavy (non-hydrogen) atoms. The van der Waals surface area contributed by atoms with Crippen LogP contribution < -0.4 is 5.32 Å². The Hall–Kier alpha value is -2.00. The molecule has 2 aromatic heterocycles. The lowest BCUT2D eigenvalue weighted by Crippen LogP contribution is -2.32. The number of rotatable bonds is 2. The van der Waals surface area contributed by atoms with Gasteiger partial charge in [0.2, 0.25) is 0 Å². The molecule has 6 heteroatoms. The van der Waals surface area contributed by atoms with Gasteiger partial charge in [-0.15, -0.1) is 0 Å². The molecule has 1 N–H and O–H groups in total. The highest BCUT2D eigenvalue weighted by molar-refractivity contribution is 9.10. The van der Waals surface area contributed by atoms with Crippen LogP contribution in [0.2, 0.25) is 0 Å². The van der Waals surface area contributed by atoms with E-state index >= 15 is 0 Å². The van der Waals surface area contributed by atoms with Gasteiger partial charge in [0.1, 0.15) is 11.3 Å². The Morgan fingerprint density at radius 3 is 3.00 bits per heavy atom. The molecule has 0 unspecified atom stereocenters. The van der Waals surface area contributed by atoms with Crippen LogP contribution in [0.25, 0.3) is 5.65 Å². The van der Waals surface area contributed by atoms with Gasteiger partial charge in [-0.1, -0.05) is 5.92 Å². The summed E-state index contributed by atoms with van der Waals surface area (Å²) >= 11 is 3.45. The third kappa shape index (κ3) is 4.50. The Labute approximate surface area is 138 Å². The van der Waals surface area contributed by atoms with Crippen LogP contribution in [-0.4, -0.2) is 27.6 Å². The Bertz CT molecular complexity index is 735. The van der Waals surface area contributed by atoms with E-state index in [1.807, 2.05) is 43.5 Å². The number of nitrogens with zero attached hydrogens (tertiary/aromatic N) is 2. The van der Waals surface area contributed by atoms with Crippen molar-refractivity contribution >= 4 is 27.7 Å². The molecule has 0 aliphatic heterocycles. The number of fused-ring (bicyclic) bond motifs is 1. The first kappa shape index (κ1) is 16.4. The molecule has 5 nitrogen and oxygen atoms in total. The lowest BCUT2D eigenvalue weighted by molar-refractivity contribution is 0.0529. The highest BCUT2D eigenvalue weighted by Gasteiger charge is 2.15. The zero-order chi connectivity index (χ0) is 16.2. The lowest BCUT2D eigenvalue weighted by Gasteiger charge is -2.19. The second-order valence-corrected chi connectivity index (χ2v) is 6.53. The first-order chi connectivity index (χ1) is 10.4. The number of pyridine rings is 1. The van der Waals surface area contributed by atoms with Crippen LogP contribution in [-0.2, 0) is 4.74 Å². The number of imidazole rings is 1. The fourth-order valence-electron chi connectivity index (χ4n) is 1.76. The molecule has 0 atom stereocenters. The number of alkyl carbamates (subject to hydrolysis) is 1. The standard InChI is InChI=1S/C16H18BrN3O2/c1-16(2,3)22-15(21)18-9-5-4-7-12-11-19-14-13(17)8-6-10-20(12)14/h6,8,10-11H,5,9H2,1-3H3,(H,18,21). The zero-order valence-electron chi connectivity index (χ0n) is 12.8. The summed E-state index contributed by atoms with van der Waals surface area (Å²) in [6, 6.07) is 3.86. The number of aromatic nitrogens is 2. The summed E-state index contributed by atoms with van der Waals surface area (Å²) in [6.07, 6.45) is 3.76. The fourth-order valence-corrected chi connectivity index (χ4v) is 2.21. The topological polar surface area (TPSA) is 55.6 Å². The molecule has 0 aliphatic rings. The number of nitrogens with one attached hydrogen (secondary N) is 1. The lowest BCUT2D eigenvalue weighted by atomic mass is 10.2. The molecular formula is C16H18BrN3O2. The minimum Gasteiger partial charge on any atom is -0.444 e. The van der Waals surface area contributed by atoms with E-state index in [4.69, 9.17) is 4.74 Å². The van der Waals surface area contributed by atoms with Gasteiger partial charge in [-0.3, -0.25) is 4.40 Å². The summed E-state index contributed by atoms with van der Waals surface area (Å²) in [5.41, 5.74) is 1.16. The largest absolute Gasteiger partial charge is 0.444 e. The summed E-state index contributed by atoms with van der Waals surface area (Å²) in [5, 5.41) is 2.67. The molecule has 0 aliphatic carbocycles. The molecule has 2 aromatic rings. The average molecular weight is 364 g/mol. The number of hydrogen-bond donors (Lipinski definition) is 1. The summed E-state index contributed by atoms with van der Waals surface area (Å²) in [6.45, 7) is 5.93. The highest BCUT2D eigenvalue weighted by atomic mass is 79.9. The van der Waals surface area contributed by atoms with E-state index in [0.717, 1.165) is 15.8 Å². The van der Waals surface area contributed by atoms with E-state index < -0.39 is 11.7 Å². The van der Waals surface area contributed by atoms with Gasteiger partial charge in [0, 0.05) is 19.2 Å². The van der Waals surface area contributed by atoms with Gasteiger partial charge in [-0.25, -0.2) is 9.78 Å². The van der Waals surface area contributed by atoms with Crippen LogP contribution in [0, 0.1) is 11.8 Å². The van der Waals surface area contributed by atoms with Crippen molar-refractivity contribution in [2.24, 2.45) is 0 Å². The fraction of sp³-hybridized carbons (Fsp3) is 0.375. The molecule has 116 valence electrons. The predicted octanol–water partition coefficient (Wildman–Crippen LogP) is 3.36. The second kappa shape index (κ2) is 6.84. The van der Waals surface area contributed by atoms with Gasteiger partial charge in [0.05, 0.1) is 10.7 Å². The first-order valence-corrected chi connectivity index (χ1v) is 7.73. The molecular weight excluding hydrogens is 346 g/mol. The molecule has 2 heterocycles. The van der Waals surface area contributed by atoms with E-state index in [-0.39, 0.29) is 0 Å². The third-order valence-electron chi connectivity index (χ3n) is 2.62. The number of amides is 1. The number of carbonyl (C=O) groups is 1. The third-order valence-corrected chi connectivity index (χ3v) is 3.24. The second-order valence-electron chi connectivity index (χ2n) is 5.67. The van der Waals surface area contributed by atoms with Crippen molar-refractivity contribution in [3.8, 4) is 11.8 Å².